The highest BCUT2D eigenvalue weighted by Gasteiger charge is 2.14. The van der Waals surface area contributed by atoms with Gasteiger partial charge >= 0.3 is 0 Å². The molecule has 6 nitrogen and oxygen atoms in total. The number of benzene rings is 2. The average Bonchev–Trinajstić information content (AvgIpc) is 2.53. The van der Waals surface area contributed by atoms with Gasteiger partial charge < -0.3 is 10.4 Å². The van der Waals surface area contributed by atoms with Crippen LogP contribution in [0.3, 0.4) is 0 Å². The van der Waals surface area contributed by atoms with Gasteiger partial charge in [0.25, 0.3) is 5.91 Å². The van der Waals surface area contributed by atoms with E-state index >= 15 is 0 Å². The minimum absolute atomic E-state index is 0.119. The molecule has 110 valence electrons. The molecule has 1 amide bonds. The summed E-state index contributed by atoms with van der Waals surface area (Å²) in [6.07, 6.45) is 0. The lowest BCUT2D eigenvalue weighted by molar-refractivity contribution is 0.0944. The molecule has 0 spiro atoms. The normalized spacial score (nSPS) is 10.5. The molecule has 0 fully saturated rings. The zero-order valence-electron chi connectivity index (χ0n) is 11.5. The van der Waals surface area contributed by atoms with Gasteiger partial charge in [0, 0.05) is 11.9 Å². The molecule has 2 aromatic carbocycles. The summed E-state index contributed by atoms with van der Waals surface area (Å²) in [6.45, 7) is 0.196. The van der Waals surface area contributed by atoms with E-state index in [0.717, 1.165) is 5.56 Å². The topological polar surface area (TPSA) is 95.1 Å². The molecular formula is C16H13N3O3. The molecule has 0 unspecified atom stereocenters. The van der Waals surface area contributed by atoms with E-state index in [0.29, 0.717) is 10.9 Å². The van der Waals surface area contributed by atoms with Crippen LogP contribution in [0.25, 0.3) is 10.9 Å². The molecule has 3 rings (SSSR count). The molecule has 0 aliphatic rings. The lowest BCUT2D eigenvalue weighted by Gasteiger charge is -2.05. The van der Waals surface area contributed by atoms with Gasteiger partial charge in [-0.2, -0.15) is 5.10 Å². The Morgan fingerprint density at radius 1 is 1.18 bits per heavy atom. The molecule has 3 aromatic rings. The van der Waals surface area contributed by atoms with Crippen molar-refractivity contribution in [2.75, 3.05) is 0 Å². The van der Waals surface area contributed by atoms with Gasteiger partial charge in [0.05, 0.1) is 5.52 Å². The number of H-pyrrole nitrogens is 1. The highest BCUT2D eigenvalue weighted by atomic mass is 16.3. The van der Waals surface area contributed by atoms with E-state index in [2.05, 4.69) is 15.5 Å². The molecular weight excluding hydrogens is 282 g/mol. The Morgan fingerprint density at radius 2 is 2.00 bits per heavy atom. The number of aromatic nitrogens is 2. The Balaban J connectivity index is 1.83. The van der Waals surface area contributed by atoms with Crippen molar-refractivity contribution in [3.63, 3.8) is 0 Å². The number of rotatable bonds is 3. The molecule has 1 aromatic heterocycles. The van der Waals surface area contributed by atoms with Crippen LogP contribution in [-0.2, 0) is 6.54 Å². The summed E-state index contributed by atoms with van der Waals surface area (Å²) in [7, 11) is 0. The summed E-state index contributed by atoms with van der Waals surface area (Å²) in [6, 6.07) is 13.4. The molecule has 0 radical (unpaired) electrons. The van der Waals surface area contributed by atoms with Crippen molar-refractivity contribution in [3.05, 3.63) is 70.0 Å². The number of nitrogens with zero attached hydrogens (tertiary/aromatic N) is 1. The third kappa shape index (κ3) is 2.67. The molecule has 3 N–H and O–H groups in total. The van der Waals surface area contributed by atoms with E-state index in [1.54, 1.807) is 48.5 Å². The molecule has 0 atom stereocenters. The van der Waals surface area contributed by atoms with E-state index < -0.39 is 11.3 Å². The molecule has 0 saturated carbocycles. The van der Waals surface area contributed by atoms with Crippen LogP contribution in [0.2, 0.25) is 0 Å². The second-order valence-electron chi connectivity index (χ2n) is 4.80. The average molecular weight is 295 g/mol. The van der Waals surface area contributed by atoms with Gasteiger partial charge in [-0.05, 0) is 29.8 Å². The van der Waals surface area contributed by atoms with Crippen molar-refractivity contribution in [2.45, 2.75) is 6.54 Å². The number of phenolic OH excluding ortho intramolecular Hbond substituents is 1. The van der Waals surface area contributed by atoms with Gasteiger partial charge in [0.2, 0.25) is 5.43 Å². The zero-order chi connectivity index (χ0) is 15.5. The quantitative estimate of drug-likeness (QED) is 0.683. The number of fused-ring (bicyclic) bond motifs is 1. The molecule has 0 aliphatic carbocycles. The second kappa shape index (κ2) is 5.69. The first kappa shape index (κ1) is 13.8. The van der Waals surface area contributed by atoms with Crippen molar-refractivity contribution >= 4 is 16.8 Å². The number of aromatic hydroxyl groups is 1. The zero-order valence-corrected chi connectivity index (χ0v) is 11.5. The van der Waals surface area contributed by atoms with Gasteiger partial charge in [-0.25, -0.2) is 0 Å². The van der Waals surface area contributed by atoms with Crippen LogP contribution >= 0.6 is 0 Å². The van der Waals surface area contributed by atoms with Crippen LogP contribution < -0.4 is 10.7 Å². The van der Waals surface area contributed by atoms with Crippen LogP contribution in [0.4, 0.5) is 0 Å². The van der Waals surface area contributed by atoms with Gasteiger partial charge in [-0.1, -0.05) is 24.3 Å². The van der Waals surface area contributed by atoms with Crippen LogP contribution in [-0.4, -0.2) is 21.2 Å². The molecule has 6 heteroatoms. The SMILES string of the molecule is O=C(NCc1cccc(O)c1)c1n[nH]c2ccccc2c1=O. The predicted octanol–water partition coefficient (Wildman–Crippen LogP) is 1.56. The second-order valence-corrected chi connectivity index (χ2v) is 4.80. The van der Waals surface area contributed by atoms with Crippen molar-refractivity contribution in [1.82, 2.24) is 15.5 Å². The Hall–Kier alpha value is -3.15. The first-order valence-electron chi connectivity index (χ1n) is 6.68. The Kier molecular flexibility index (Phi) is 3.57. The third-order valence-corrected chi connectivity index (χ3v) is 3.25. The molecule has 0 saturated heterocycles. The van der Waals surface area contributed by atoms with E-state index in [1.165, 1.54) is 0 Å². The van der Waals surface area contributed by atoms with Gasteiger partial charge in [-0.15, -0.1) is 0 Å². The number of nitrogens with one attached hydrogen (secondary N) is 2. The lowest BCUT2D eigenvalue weighted by Crippen LogP contribution is -2.30. The number of carbonyl (C=O) groups is 1. The van der Waals surface area contributed by atoms with Crippen molar-refractivity contribution in [2.24, 2.45) is 0 Å². The maximum Gasteiger partial charge on any atom is 0.276 e. The molecule has 1 heterocycles. The van der Waals surface area contributed by atoms with Crippen LogP contribution in [0, 0.1) is 0 Å². The number of aromatic amines is 1. The molecule has 0 aliphatic heterocycles. The first-order valence-corrected chi connectivity index (χ1v) is 6.68. The lowest BCUT2D eigenvalue weighted by atomic mass is 10.2. The van der Waals surface area contributed by atoms with Gasteiger partial charge in [-0.3, -0.25) is 14.7 Å². The summed E-state index contributed by atoms with van der Waals surface area (Å²) in [4.78, 5) is 24.4. The summed E-state index contributed by atoms with van der Waals surface area (Å²) in [5, 5.41) is 18.9. The standard InChI is InChI=1S/C16H13N3O3/c20-11-5-3-4-10(8-11)9-17-16(22)14-15(21)12-6-1-2-7-13(12)18-19-14/h1-8,20H,9H2,(H,17,22)(H,18,21). The van der Waals surface area contributed by atoms with E-state index in [9.17, 15) is 14.7 Å². The fourth-order valence-corrected chi connectivity index (χ4v) is 2.16. The maximum atomic E-state index is 12.3. The predicted molar refractivity (Wildman–Crippen MR) is 81.6 cm³/mol. The van der Waals surface area contributed by atoms with Crippen molar-refractivity contribution in [3.8, 4) is 5.75 Å². The highest BCUT2D eigenvalue weighted by molar-refractivity contribution is 5.95. The van der Waals surface area contributed by atoms with Gasteiger partial charge in [0.1, 0.15) is 5.75 Å². The van der Waals surface area contributed by atoms with Crippen LogP contribution in [0.15, 0.2) is 53.3 Å². The smallest absolute Gasteiger partial charge is 0.276 e. The van der Waals surface area contributed by atoms with E-state index in [1.807, 2.05) is 0 Å². The monoisotopic (exact) mass is 295 g/mol. The van der Waals surface area contributed by atoms with Crippen LogP contribution in [0.5, 0.6) is 5.75 Å². The van der Waals surface area contributed by atoms with Crippen LogP contribution in [0.1, 0.15) is 16.1 Å². The highest BCUT2D eigenvalue weighted by Crippen LogP contribution is 2.10. The summed E-state index contributed by atoms with van der Waals surface area (Å²) in [5.41, 5.74) is 0.712. The summed E-state index contributed by atoms with van der Waals surface area (Å²) >= 11 is 0. The fraction of sp³-hybridized carbons (Fsp3) is 0.0625. The molecule has 22 heavy (non-hydrogen) atoms. The number of hydrogen-bond donors (Lipinski definition) is 3. The Morgan fingerprint density at radius 3 is 2.82 bits per heavy atom. The molecule has 0 bridgehead atoms. The first-order chi connectivity index (χ1) is 10.6. The summed E-state index contributed by atoms with van der Waals surface area (Å²) in [5.74, 6) is -0.441. The largest absolute Gasteiger partial charge is 0.508 e. The number of carbonyl (C=O) groups excluding carboxylic acids is 1. The minimum atomic E-state index is -0.560. The third-order valence-electron chi connectivity index (χ3n) is 3.25. The van der Waals surface area contributed by atoms with Gasteiger partial charge in [0.15, 0.2) is 5.69 Å². The van der Waals surface area contributed by atoms with E-state index in [-0.39, 0.29) is 18.0 Å². The minimum Gasteiger partial charge on any atom is -0.508 e. The van der Waals surface area contributed by atoms with Crippen molar-refractivity contribution < 1.29 is 9.90 Å². The number of hydrogen-bond acceptors (Lipinski definition) is 4. The van der Waals surface area contributed by atoms with Crippen molar-refractivity contribution in [1.29, 1.82) is 0 Å². The maximum absolute atomic E-state index is 12.3. The Labute approximate surface area is 125 Å². The summed E-state index contributed by atoms with van der Waals surface area (Å²) < 4.78 is 0. The Bertz CT molecular complexity index is 902. The fourth-order valence-electron chi connectivity index (χ4n) is 2.16. The number of amides is 1. The number of phenols is 1. The number of para-hydroxylation sites is 1. The van der Waals surface area contributed by atoms with E-state index in [4.69, 9.17) is 0 Å².